The maximum Gasteiger partial charge on any atom is 0.274 e. The average molecular weight is 418 g/mol. The number of likely N-dealkylation sites (tertiary alicyclic amines) is 1. The van der Waals surface area contributed by atoms with Crippen molar-refractivity contribution in [3.05, 3.63) is 71.7 Å². The van der Waals surface area contributed by atoms with Gasteiger partial charge in [0.15, 0.2) is 0 Å². The van der Waals surface area contributed by atoms with Gasteiger partial charge in [-0.15, -0.1) is 0 Å². The molecule has 6 rings (SSSR count). The number of fused-ring (bicyclic) bond motifs is 2. The van der Waals surface area contributed by atoms with Gasteiger partial charge in [-0.05, 0) is 24.6 Å². The molecule has 0 unspecified atom stereocenters. The molecular weight excluding hydrogens is 399 g/mol. The molecule has 9 nitrogen and oxygen atoms in total. The topological polar surface area (TPSA) is 95.3 Å². The van der Waals surface area contributed by atoms with E-state index in [9.17, 15) is 9.18 Å². The number of nitrogens with one attached hydrogen (secondary N) is 1. The molecule has 4 aromatic rings. The van der Waals surface area contributed by atoms with Crippen molar-refractivity contribution in [2.45, 2.75) is 18.9 Å². The van der Waals surface area contributed by atoms with Gasteiger partial charge in [0.05, 0.1) is 30.1 Å². The first kappa shape index (κ1) is 18.0. The van der Waals surface area contributed by atoms with Gasteiger partial charge < -0.3 is 14.8 Å². The van der Waals surface area contributed by atoms with E-state index in [-0.39, 0.29) is 17.8 Å². The monoisotopic (exact) mass is 418 g/mol. The lowest BCUT2D eigenvalue weighted by molar-refractivity contribution is 0.0645. The molecule has 1 amide bonds. The maximum absolute atomic E-state index is 14.3. The molecular formula is C21H19FN8O. The Morgan fingerprint density at radius 2 is 2.06 bits per heavy atom. The van der Waals surface area contributed by atoms with Crippen LogP contribution in [0.1, 0.15) is 40.0 Å². The predicted molar refractivity (Wildman–Crippen MR) is 109 cm³/mol. The summed E-state index contributed by atoms with van der Waals surface area (Å²) in [5.74, 6) is 0.196. The summed E-state index contributed by atoms with van der Waals surface area (Å²) < 4.78 is 15.8. The lowest BCUT2D eigenvalue weighted by Gasteiger charge is -2.34. The molecule has 1 fully saturated rings. The number of H-pyrrole nitrogens is 1. The van der Waals surface area contributed by atoms with Crippen LogP contribution in [0.15, 0.2) is 43.1 Å². The van der Waals surface area contributed by atoms with Crippen molar-refractivity contribution in [3.63, 3.8) is 0 Å². The number of hydrogen-bond acceptors (Lipinski definition) is 6. The molecule has 10 heteroatoms. The summed E-state index contributed by atoms with van der Waals surface area (Å²) in [6.45, 7) is 2.19. The van der Waals surface area contributed by atoms with Crippen molar-refractivity contribution in [1.29, 1.82) is 0 Å². The van der Waals surface area contributed by atoms with Crippen LogP contribution >= 0.6 is 0 Å². The summed E-state index contributed by atoms with van der Waals surface area (Å²) in [4.78, 5) is 32.8. The molecule has 2 aliphatic rings. The summed E-state index contributed by atoms with van der Waals surface area (Å²) >= 11 is 0. The number of carbonyl (C=O) groups excluding carboxylic acids is 1. The van der Waals surface area contributed by atoms with E-state index >= 15 is 0 Å². The molecule has 0 aromatic carbocycles. The quantitative estimate of drug-likeness (QED) is 0.547. The SMILES string of the molecule is O=C(c1cnc(N2CCc3[nH]cnc3[C@H]2c2cc3c(F)cccn3n2)cn1)N1CCC1. The van der Waals surface area contributed by atoms with E-state index in [2.05, 4.69) is 25.0 Å². The highest BCUT2D eigenvalue weighted by molar-refractivity contribution is 5.92. The van der Waals surface area contributed by atoms with Crippen LogP contribution in [0.25, 0.3) is 5.52 Å². The fourth-order valence-electron chi connectivity index (χ4n) is 4.22. The smallest absolute Gasteiger partial charge is 0.274 e. The van der Waals surface area contributed by atoms with Gasteiger partial charge in [-0.1, -0.05) is 0 Å². The summed E-state index contributed by atoms with van der Waals surface area (Å²) in [6, 6.07) is 4.43. The first-order valence-corrected chi connectivity index (χ1v) is 10.2. The number of aromatic nitrogens is 6. The highest BCUT2D eigenvalue weighted by Gasteiger charge is 2.34. The Kier molecular flexibility index (Phi) is 3.98. The summed E-state index contributed by atoms with van der Waals surface area (Å²) in [7, 11) is 0. The zero-order chi connectivity index (χ0) is 20.9. The maximum atomic E-state index is 14.3. The van der Waals surface area contributed by atoms with Crippen LogP contribution in [0, 0.1) is 5.82 Å². The summed E-state index contributed by atoms with van der Waals surface area (Å²) in [5.41, 5.74) is 3.27. The van der Waals surface area contributed by atoms with Gasteiger partial charge in [0, 0.05) is 37.9 Å². The Hall–Kier alpha value is -3.82. The van der Waals surface area contributed by atoms with E-state index in [0.29, 0.717) is 29.3 Å². The van der Waals surface area contributed by atoms with E-state index in [1.54, 1.807) is 35.8 Å². The Labute approximate surface area is 176 Å². The second-order valence-electron chi connectivity index (χ2n) is 7.77. The molecule has 0 bridgehead atoms. The summed E-state index contributed by atoms with van der Waals surface area (Å²) in [6.07, 6.45) is 8.31. The highest BCUT2D eigenvalue weighted by atomic mass is 19.1. The largest absolute Gasteiger partial charge is 0.348 e. The van der Waals surface area contributed by atoms with E-state index in [0.717, 1.165) is 37.3 Å². The minimum absolute atomic E-state index is 0.0918. The van der Waals surface area contributed by atoms with Gasteiger partial charge >= 0.3 is 0 Å². The third-order valence-corrected chi connectivity index (χ3v) is 5.97. The average Bonchev–Trinajstić information content (AvgIpc) is 3.39. The lowest BCUT2D eigenvalue weighted by atomic mass is 10.00. The Bertz CT molecular complexity index is 1280. The standard InChI is InChI=1S/C21H19FN8O/c22-13-3-1-7-30-17(13)9-15(27-30)20-19-14(25-12-26-19)4-8-29(20)18-11-23-16(10-24-18)21(31)28-5-2-6-28/h1,3,7,9-12,20H,2,4-6,8H2,(H,25,26)/t20-/m1/s1. The predicted octanol–water partition coefficient (Wildman–Crippen LogP) is 1.98. The molecule has 4 aromatic heterocycles. The van der Waals surface area contributed by atoms with Crippen molar-refractivity contribution >= 4 is 17.2 Å². The van der Waals surface area contributed by atoms with Gasteiger partial charge in [-0.3, -0.25) is 4.79 Å². The number of anilines is 1. The number of halogens is 1. The van der Waals surface area contributed by atoms with E-state index in [1.807, 2.05) is 4.90 Å². The first-order valence-electron chi connectivity index (χ1n) is 10.2. The van der Waals surface area contributed by atoms with Crippen LogP contribution in [0.4, 0.5) is 10.2 Å². The van der Waals surface area contributed by atoms with E-state index in [4.69, 9.17) is 0 Å². The number of amides is 1. The van der Waals surface area contributed by atoms with Crippen LogP contribution in [-0.4, -0.2) is 60.0 Å². The van der Waals surface area contributed by atoms with Gasteiger partial charge in [-0.25, -0.2) is 23.9 Å². The fraction of sp³-hybridized carbons (Fsp3) is 0.286. The minimum Gasteiger partial charge on any atom is -0.348 e. The number of carbonyl (C=O) groups is 1. The van der Waals surface area contributed by atoms with Crippen LogP contribution in [0.5, 0.6) is 0 Å². The molecule has 31 heavy (non-hydrogen) atoms. The lowest BCUT2D eigenvalue weighted by Crippen LogP contribution is -2.42. The zero-order valence-corrected chi connectivity index (χ0v) is 16.6. The van der Waals surface area contributed by atoms with E-state index in [1.165, 1.54) is 16.8 Å². The minimum atomic E-state index is -0.347. The molecule has 2 aliphatic heterocycles. The molecule has 0 aliphatic carbocycles. The second-order valence-corrected chi connectivity index (χ2v) is 7.77. The number of rotatable bonds is 3. The number of hydrogen-bond donors (Lipinski definition) is 1. The highest BCUT2D eigenvalue weighted by Crippen LogP contribution is 2.35. The molecule has 156 valence electrons. The molecule has 1 N–H and O–H groups in total. The molecule has 1 atom stereocenters. The van der Waals surface area contributed by atoms with Crippen LogP contribution < -0.4 is 4.90 Å². The number of nitrogens with zero attached hydrogens (tertiary/aromatic N) is 7. The normalized spacial score (nSPS) is 18.2. The Morgan fingerprint density at radius 3 is 2.81 bits per heavy atom. The number of aromatic amines is 1. The van der Waals surface area contributed by atoms with Gasteiger partial charge in [0.25, 0.3) is 5.91 Å². The van der Waals surface area contributed by atoms with Gasteiger partial charge in [0.2, 0.25) is 0 Å². The molecule has 1 saturated heterocycles. The van der Waals surface area contributed by atoms with Crippen molar-refractivity contribution in [3.8, 4) is 0 Å². The number of imidazole rings is 1. The molecule has 0 radical (unpaired) electrons. The summed E-state index contributed by atoms with van der Waals surface area (Å²) in [5, 5.41) is 4.61. The zero-order valence-electron chi connectivity index (χ0n) is 16.6. The fourth-order valence-corrected chi connectivity index (χ4v) is 4.22. The third-order valence-electron chi connectivity index (χ3n) is 5.97. The Morgan fingerprint density at radius 1 is 1.16 bits per heavy atom. The third kappa shape index (κ3) is 2.86. The van der Waals surface area contributed by atoms with Crippen LogP contribution in [-0.2, 0) is 6.42 Å². The van der Waals surface area contributed by atoms with Crippen molar-refractivity contribution in [1.82, 2.24) is 34.4 Å². The van der Waals surface area contributed by atoms with Crippen LogP contribution in [0.2, 0.25) is 0 Å². The van der Waals surface area contributed by atoms with Crippen molar-refractivity contribution in [2.75, 3.05) is 24.5 Å². The Balaban J connectivity index is 1.40. The van der Waals surface area contributed by atoms with Gasteiger partial charge in [0.1, 0.15) is 28.9 Å². The van der Waals surface area contributed by atoms with E-state index < -0.39 is 0 Å². The first-order chi connectivity index (χ1) is 15.2. The van der Waals surface area contributed by atoms with Crippen LogP contribution in [0.3, 0.4) is 0 Å². The molecule has 0 spiro atoms. The molecule has 0 saturated carbocycles. The second kappa shape index (κ2) is 6.86. The number of pyridine rings is 1. The van der Waals surface area contributed by atoms with Gasteiger partial charge in [-0.2, -0.15) is 5.10 Å². The van der Waals surface area contributed by atoms with Crippen molar-refractivity contribution < 1.29 is 9.18 Å². The molecule has 6 heterocycles. The van der Waals surface area contributed by atoms with Crippen molar-refractivity contribution in [2.24, 2.45) is 0 Å².